The molecule has 2 heterocycles. The van der Waals surface area contributed by atoms with Gasteiger partial charge in [-0.05, 0) is 48.1 Å². The van der Waals surface area contributed by atoms with Crippen LogP contribution in [-0.4, -0.2) is 87.8 Å². The molecule has 5 rings (SSSR count). The summed E-state index contributed by atoms with van der Waals surface area (Å²) in [7, 11) is 0. The first-order chi connectivity index (χ1) is 20.9. The number of rotatable bonds is 12. The smallest absolute Gasteiger partial charge is 0.238 e. The van der Waals surface area contributed by atoms with E-state index in [1.165, 1.54) is 0 Å². The van der Waals surface area contributed by atoms with Crippen molar-refractivity contribution < 1.29 is 19.8 Å². The SMILES string of the molecule is CCNC(=O)C1CN(Cc2cccnc2)CCN1CC(O)CC(Cc1ccccc1)C(=O)NC1c2ccccc2CC1O. The Balaban J connectivity index is 1.26. The topological polar surface area (TPSA) is 118 Å². The number of β-amino-alcohol motifs (C(OH)–C–C–N with tert-alkyl or cyclic N) is 1. The molecule has 1 aliphatic heterocycles. The summed E-state index contributed by atoms with van der Waals surface area (Å²) in [4.78, 5) is 35.4. The average molecular weight is 586 g/mol. The van der Waals surface area contributed by atoms with E-state index in [9.17, 15) is 19.8 Å². The number of nitrogens with zero attached hydrogens (tertiary/aromatic N) is 3. The maximum Gasteiger partial charge on any atom is 0.238 e. The molecular weight excluding hydrogens is 542 g/mol. The lowest BCUT2D eigenvalue weighted by atomic mass is 9.91. The molecule has 0 spiro atoms. The second-order valence-corrected chi connectivity index (χ2v) is 11.7. The van der Waals surface area contributed by atoms with Crippen LogP contribution in [0.3, 0.4) is 0 Å². The van der Waals surface area contributed by atoms with E-state index >= 15 is 0 Å². The van der Waals surface area contributed by atoms with Gasteiger partial charge in [-0.15, -0.1) is 0 Å². The molecule has 5 unspecified atom stereocenters. The number of pyridine rings is 1. The van der Waals surface area contributed by atoms with Gasteiger partial charge in [0.2, 0.25) is 11.8 Å². The Kier molecular flexibility index (Phi) is 10.5. The molecular formula is C34H43N5O4. The van der Waals surface area contributed by atoms with Crippen LogP contribution >= 0.6 is 0 Å². The normalized spacial score (nSPS) is 22.0. The molecule has 1 aromatic heterocycles. The molecule has 0 saturated carbocycles. The molecule has 228 valence electrons. The van der Waals surface area contributed by atoms with E-state index in [1.807, 2.05) is 84.8 Å². The Bertz CT molecular complexity index is 1340. The van der Waals surface area contributed by atoms with Crippen LogP contribution in [0.15, 0.2) is 79.1 Å². The van der Waals surface area contributed by atoms with Gasteiger partial charge in [-0.2, -0.15) is 0 Å². The fraction of sp³-hybridized carbons (Fsp3) is 0.441. The largest absolute Gasteiger partial charge is 0.392 e. The van der Waals surface area contributed by atoms with E-state index in [-0.39, 0.29) is 24.8 Å². The van der Waals surface area contributed by atoms with Crippen molar-refractivity contribution >= 4 is 11.8 Å². The number of hydrogen-bond donors (Lipinski definition) is 4. The van der Waals surface area contributed by atoms with Crippen LogP contribution in [0.4, 0.5) is 0 Å². The lowest BCUT2D eigenvalue weighted by molar-refractivity contribution is -0.131. The summed E-state index contributed by atoms with van der Waals surface area (Å²) in [5, 5.41) is 28.2. The first-order valence-corrected chi connectivity index (χ1v) is 15.3. The summed E-state index contributed by atoms with van der Waals surface area (Å²) in [6.07, 6.45) is 3.29. The number of benzene rings is 2. The number of amides is 2. The molecule has 1 saturated heterocycles. The van der Waals surface area contributed by atoms with E-state index < -0.39 is 30.2 Å². The molecule has 1 fully saturated rings. The van der Waals surface area contributed by atoms with E-state index in [0.29, 0.717) is 39.0 Å². The molecule has 3 aromatic rings. The Labute approximate surface area is 253 Å². The number of piperazine rings is 1. The average Bonchev–Trinajstić information content (AvgIpc) is 3.33. The maximum atomic E-state index is 13.7. The minimum absolute atomic E-state index is 0.0574. The highest BCUT2D eigenvalue weighted by atomic mass is 16.3. The molecule has 9 heteroatoms. The van der Waals surface area contributed by atoms with Crippen molar-refractivity contribution in [2.24, 2.45) is 5.92 Å². The number of carbonyl (C=O) groups excluding carboxylic acids is 2. The third-order valence-electron chi connectivity index (χ3n) is 8.56. The summed E-state index contributed by atoms with van der Waals surface area (Å²) in [5.74, 6) is -0.754. The summed E-state index contributed by atoms with van der Waals surface area (Å²) in [6.45, 7) is 5.35. The summed E-state index contributed by atoms with van der Waals surface area (Å²) in [6, 6.07) is 20.7. The van der Waals surface area contributed by atoms with Crippen molar-refractivity contribution in [2.75, 3.05) is 32.7 Å². The van der Waals surface area contributed by atoms with Crippen molar-refractivity contribution in [1.29, 1.82) is 0 Å². The Morgan fingerprint density at radius 3 is 2.56 bits per heavy atom. The third kappa shape index (κ3) is 8.06. The molecule has 4 N–H and O–H groups in total. The van der Waals surface area contributed by atoms with Gasteiger partial charge in [0, 0.05) is 64.0 Å². The molecule has 2 aliphatic rings. The van der Waals surface area contributed by atoms with Crippen LogP contribution < -0.4 is 10.6 Å². The lowest BCUT2D eigenvalue weighted by Gasteiger charge is -2.41. The summed E-state index contributed by atoms with van der Waals surface area (Å²) in [5.41, 5.74) is 4.08. The number of carbonyl (C=O) groups is 2. The van der Waals surface area contributed by atoms with Gasteiger partial charge in [0.25, 0.3) is 0 Å². The Morgan fingerprint density at radius 2 is 1.79 bits per heavy atom. The zero-order valence-corrected chi connectivity index (χ0v) is 24.8. The minimum Gasteiger partial charge on any atom is -0.392 e. The van der Waals surface area contributed by atoms with Crippen LogP contribution in [0.25, 0.3) is 0 Å². The zero-order valence-electron chi connectivity index (χ0n) is 24.8. The van der Waals surface area contributed by atoms with Crippen LogP contribution in [0.1, 0.15) is 41.6 Å². The number of likely N-dealkylation sites (N-methyl/N-ethyl adjacent to an activating group) is 1. The molecule has 0 radical (unpaired) electrons. The number of aromatic nitrogens is 1. The number of aliphatic hydroxyl groups excluding tert-OH is 2. The molecule has 5 atom stereocenters. The van der Waals surface area contributed by atoms with E-state index in [4.69, 9.17) is 0 Å². The second kappa shape index (κ2) is 14.7. The van der Waals surface area contributed by atoms with E-state index in [1.54, 1.807) is 6.20 Å². The summed E-state index contributed by atoms with van der Waals surface area (Å²) >= 11 is 0. The quantitative estimate of drug-likeness (QED) is 0.257. The van der Waals surface area contributed by atoms with Gasteiger partial charge in [-0.3, -0.25) is 24.4 Å². The maximum absolute atomic E-state index is 13.7. The highest BCUT2D eigenvalue weighted by molar-refractivity contribution is 5.82. The predicted molar refractivity (Wildman–Crippen MR) is 165 cm³/mol. The van der Waals surface area contributed by atoms with Crippen molar-refractivity contribution in [3.63, 3.8) is 0 Å². The molecule has 2 aromatic carbocycles. The van der Waals surface area contributed by atoms with Crippen molar-refractivity contribution in [3.8, 4) is 0 Å². The van der Waals surface area contributed by atoms with Crippen LogP contribution in [0.5, 0.6) is 0 Å². The van der Waals surface area contributed by atoms with Gasteiger partial charge in [-0.1, -0.05) is 60.7 Å². The molecule has 43 heavy (non-hydrogen) atoms. The lowest BCUT2D eigenvalue weighted by Crippen LogP contribution is -2.60. The molecule has 0 bridgehead atoms. The highest BCUT2D eigenvalue weighted by Gasteiger charge is 2.36. The molecule has 2 amide bonds. The van der Waals surface area contributed by atoms with Gasteiger partial charge < -0.3 is 20.8 Å². The number of nitrogens with one attached hydrogen (secondary N) is 2. The van der Waals surface area contributed by atoms with Gasteiger partial charge in [0.15, 0.2) is 0 Å². The number of hydrogen-bond acceptors (Lipinski definition) is 7. The van der Waals surface area contributed by atoms with Crippen LogP contribution in [0.2, 0.25) is 0 Å². The van der Waals surface area contributed by atoms with Gasteiger partial charge in [-0.25, -0.2) is 0 Å². The monoisotopic (exact) mass is 585 g/mol. The number of fused-ring (bicyclic) bond motifs is 1. The van der Waals surface area contributed by atoms with E-state index in [0.717, 1.165) is 28.8 Å². The van der Waals surface area contributed by atoms with Gasteiger partial charge in [0.05, 0.1) is 18.2 Å². The molecule has 9 nitrogen and oxygen atoms in total. The van der Waals surface area contributed by atoms with Crippen molar-refractivity contribution in [3.05, 3.63) is 101 Å². The van der Waals surface area contributed by atoms with Crippen molar-refractivity contribution in [2.45, 2.75) is 57.0 Å². The van der Waals surface area contributed by atoms with E-state index in [2.05, 4.69) is 20.5 Å². The standard InChI is InChI=1S/C34H43N5O4/c1-2-36-34(43)30-23-38(21-25-11-8-14-35-20-25)15-16-39(30)22-28(40)18-27(17-24-9-4-3-5-10-24)33(42)37-32-29-13-7-6-12-26(29)19-31(32)41/h3-14,20,27-28,30-32,40-41H,2,15-19,21-23H2,1H3,(H,36,43)(H,37,42). The fourth-order valence-electron chi connectivity index (χ4n) is 6.40. The van der Waals surface area contributed by atoms with Crippen molar-refractivity contribution in [1.82, 2.24) is 25.4 Å². The fourth-order valence-corrected chi connectivity index (χ4v) is 6.40. The van der Waals surface area contributed by atoms with Crippen LogP contribution in [-0.2, 0) is 29.0 Å². The second-order valence-electron chi connectivity index (χ2n) is 11.7. The van der Waals surface area contributed by atoms with Crippen LogP contribution in [0, 0.1) is 5.92 Å². The zero-order chi connectivity index (χ0) is 30.2. The minimum atomic E-state index is -0.818. The van der Waals surface area contributed by atoms with Gasteiger partial charge in [0.1, 0.15) is 6.04 Å². The number of aliphatic hydroxyl groups is 2. The first-order valence-electron chi connectivity index (χ1n) is 15.3. The van der Waals surface area contributed by atoms with Gasteiger partial charge >= 0.3 is 0 Å². The Morgan fingerprint density at radius 1 is 1.02 bits per heavy atom. The summed E-state index contributed by atoms with van der Waals surface area (Å²) < 4.78 is 0. The highest BCUT2D eigenvalue weighted by Crippen LogP contribution is 2.32. The first kappa shape index (κ1) is 30.8. The Hall–Kier alpha value is -3.63. The third-order valence-corrected chi connectivity index (χ3v) is 8.56. The molecule has 1 aliphatic carbocycles. The predicted octanol–water partition coefficient (Wildman–Crippen LogP) is 2.09.